The summed E-state index contributed by atoms with van der Waals surface area (Å²) in [7, 11) is 0. The molecule has 0 aliphatic carbocycles. The first kappa shape index (κ1) is 19.6. The molecule has 6 heteroatoms. The second kappa shape index (κ2) is 9.15. The van der Waals surface area contributed by atoms with E-state index in [0.717, 1.165) is 15.8 Å². The van der Waals surface area contributed by atoms with Crippen LogP contribution in [-0.4, -0.2) is 21.9 Å². The van der Waals surface area contributed by atoms with E-state index in [1.807, 2.05) is 23.1 Å². The molecule has 0 spiro atoms. The van der Waals surface area contributed by atoms with Crippen LogP contribution < -0.4 is 5.56 Å². The van der Waals surface area contributed by atoms with Crippen LogP contribution >= 0.6 is 27.3 Å². The molecule has 0 radical (unpaired) electrons. The maximum absolute atomic E-state index is 13.0. The van der Waals surface area contributed by atoms with Gasteiger partial charge in [-0.05, 0) is 53.0 Å². The lowest BCUT2D eigenvalue weighted by Crippen LogP contribution is -2.37. The Bertz CT molecular complexity index is 966. The molecule has 1 amide bonds. The van der Waals surface area contributed by atoms with Gasteiger partial charge in [0.05, 0.1) is 6.54 Å². The summed E-state index contributed by atoms with van der Waals surface area (Å²) < 4.78 is 2.22. The predicted octanol–water partition coefficient (Wildman–Crippen LogP) is 4.25. The molecule has 2 heterocycles. The number of carbonyl (C=O) groups is 1. The Morgan fingerprint density at radius 1 is 1.11 bits per heavy atom. The minimum Gasteiger partial charge on any atom is -0.336 e. The van der Waals surface area contributed by atoms with Gasteiger partial charge >= 0.3 is 0 Å². The number of thiophene rings is 1. The third-order valence-corrected chi connectivity index (χ3v) is 5.72. The number of hydrogen-bond acceptors (Lipinski definition) is 3. The summed E-state index contributed by atoms with van der Waals surface area (Å²) in [5.74, 6) is -0.0582. The number of aromatic nitrogens is 1. The Morgan fingerprint density at radius 2 is 1.89 bits per heavy atom. The van der Waals surface area contributed by atoms with Crippen LogP contribution in [0.5, 0.6) is 0 Å². The van der Waals surface area contributed by atoms with Crippen LogP contribution in [-0.2, 0) is 24.3 Å². The van der Waals surface area contributed by atoms with Crippen molar-refractivity contribution < 1.29 is 4.79 Å². The Labute approximate surface area is 171 Å². The number of benzene rings is 1. The van der Waals surface area contributed by atoms with Crippen molar-refractivity contribution in [2.75, 3.05) is 6.54 Å². The first-order chi connectivity index (χ1) is 13.0. The smallest absolute Gasteiger partial charge is 0.251 e. The van der Waals surface area contributed by atoms with E-state index in [-0.39, 0.29) is 18.0 Å². The van der Waals surface area contributed by atoms with Gasteiger partial charge in [0.25, 0.3) is 5.56 Å². The normalized spacial score (nSPS) is 10.7. The highest BCUT2D eigenvalue weighted by Gasteiger charge is 2.16. The summed E-state index contributed by atoms with van der Waals surface area (Å²) in [5.41, 5.74) is 1.01. The third-order valence-electron chi connectivity index (χ3n) is 4.26. The molecule has 4 nitrogen and oxygen atoms in total. The van der Waals surface area contributed by atoms with Crippen molar-refractivity contribution in [2.45, 2.75) is 26.4 Å². The largest absolute Gasteiger partial charge is 0.336 e. The van der Waals surface area contributed by atoms with Crippen LogP contribution in [0.25, 0.3) is 0 Å². The van der Waals surface area contributed by atoms with Gasteiger partial charge in [0.15, 0.2) is 0 Å². The molecule has 0 N–H and O–H groups in total. The number of pyridine rings is 1. The second-order valence-corrected chi connectivity index (χ2v) is 8.66. The molecule has 3 aromatic rings. The molecular weight excluding hydrogens is 424 g/mol. The van der Waals surface area contributed by atoms with Gasteiger partial charge < -0.3 is 9.47 Å². The molecule has 0 saturated carbocycles. The second-order valence-electron chi connectivity index (χ2n) is 6.38. The average Bonchev–Trinajstić information content (AvgIpc) is 3.07. The van der Waals surface area contributed by atoms with Crippen LogP contribution in [0.1, 0.15) is 15.3 Å². The summed E-state index contributed by atoms with van der Waals surface area (Å²) in [6, 6.07) is 17.4. The number of hydrogen-bond donors (Lipinski definition) is 0. The van der Waals surface area contributed by atoms with E-state index in [9.17, 15) is 9.59 Å². The SMILES string of the molecule is Cc1ccc(CN(CCc2ccccc2)C(=O)Cn2cc(Br)ccc2=O)s1. The lowest BCUT2D eigenvalue weighted by atomic mass is 10.1. The summed E-state index contributed by atoms with van der Waals surface area (Å²) in [6.07, 6.45) is 2.44. The number of carbonyl (C=O) groups excluding carboxylic acids is 1. The van der Waals surface area contributed by atoms with Crippen LogP contribution in [0, 0.1) is 6.92 Å². The summed E-state index contributed by atoms with van der Waals surface area (Å²) in [6.45, 7) is 3.28. The van der Waals surface area contributed by atoms with Crippen molar-refractivity contribution in [2.24, 2.45) is 0 Å². The van der Waals surface area contributed by atoms with Crippen molar-refractivity contribution >= 4 is 33.2 Å². The van der Waals surface area contributed by atoms with Crippen LogP contribution in [0.15, 0.2) is 70.1 Å². The average molecular weight is 445 g/mol. The summed E-state index contributed by atoms with van der Waals surface area (Å²) in [4.78, 5) is 29.2. The first-order valence-corrected chi connectivity index (χ1v) is 10.4. The van der Waals surface area contributed by atoms with E-state index in [2.05, 4.69) is 47.1 Å². The Hall–Kier alpha value is -2.18. The lowest BCUT2D eigenvalue weighted by molar-refractivity contribution is -0.132. The van der Waals surface area contributed by atoms with Gasteiger partial charge in [-0.2, -0.15) is 0 Å². The molecule has 2 aromatic heterocycles. The molecule has 0 unspecified atom stereocenters. The molecule has 140 valence electrons. The van der Waals surface area contributed by atoms with Crippen molar-refractivity contribution in [3.63, 3.8) is 0 Å². The van der Waals surface area contributed by atoms with E-state index in [1.54, 1.807) is 23.6 Å². The van der Waals surface area contributed by atoms with Crippen LogP contribution in [0.3, 0.4) is 0 Å². The number of nitrogens with zero attached hydrogens (tertiary/aromatic N) is 2. The third kappa shape index (κ3) is 5.65. The topological polar surface area (TPSA) is 42.3 Å². The summed E-state index contributed by atoms with van der Waals surface area (Å²) in [5, 5.41) is 0. The zero-order valence-electron chi connectivity index (χ0n) is 15.1. The van der Waals surface area contributed by atoms with E-state index < -0.39 is 0 Å². The maximum atomic E-state index is 13.0. The molecular formula is C21H21BrN2O2S. The van der Waals surface area contributed by atoms with Gasteiger partial charge in [0.2, 0.25) is 5.91 Å². The Kier molecular flexibility index (Phi) is 6.63. The molecule has 0 aliphatic heterocycles. The lowest BCUT2D eigenvalue weighted by Gasteiger charge is -2.23. The van der Waals surface area contributed by atoms with Gasteiger partial charge in [0.1, 0.15) is 6.54 Å². The van der Waals surface area contributed by atoms with Crippen LogP contribution in [0.4, 0.5) is 0 Å². The Balaban J connectivity index is 1.75. The molecule has 0 fully saturated rings. The van der Waals surface area contributed by atoms with Gasteiger partial charge in [-0.1, -0.05) is 30.3 Å². The molecule has 1 aromatic carbocycles. The zero-order chi connectivity index (χ0) is 19.2. The number of rotatable bonds is 7. The number of aryl methyl sites for hydroxylation is 1. The fourth-order valence-electron chi connectivity index (χ4n) is 2.83. The van der Waals surface area contributed by atoms with Gasteiger partial charge in [-0.3, -0.25) is 9.59 Å². The number of halogens is 1. The molecule has 27 heavy (non-hydrogen) atoms. The number of amides is 1. The summed E-state index contributed by atoms with van der Waals surface area (Å²) >= 11 is 5.06. The quantitative estimate of drug-likeness (QED) is 0.546. The van der Waals surface area contributed by atoms with Crippen LogP contribution in [0.2, 0.25) is 0 Å². The van der Waals surface area contributed by atoms with Gasteiger partial charge in [-0.25, -0.2) is 0 Å². The standard InChI is InChI=1S/C21H21BrN2O2S/c1-16-7-9-19(27-16)14-23(12-11-17-5-3-2-4-6-17)21(26)15-24-13-18(22)8-10-20(24)25/h2-10,13H,11-12,14-15H2,1H3. The minimum absolute atomic E-state index is 0.0391. The monoisotopic (exact) mass is 444 g/mol. The highest BCUT2D eigenvalue weighted by molar-refractivity contribution is 9.10. The van der Waals surface area contributed by atoms with Gasteiger partial charge in [-0.15, -0.1) is 11.3 Å². The molecule has 0 bridgehead atoms. The van der Waals surface area contributed by atoms with E-state index in [1.165, 1.54) is 21.1 Å². The first-order valence-electron chi connectivity index (χ1n) is 8.74. The van der Waals surface area contributed by atoms with Gasteiger partial charge in [0, 0.05) is 33.0 Å². The zero-order valence-corrected chi connectivity index (χ0v) is 17.5. The maximum Gasteiger partial charge on any atom is 0.251 e. The highest BCUT2D eigenvalue weighted by Crippen LogP contribution is 2.18. The van der Waals surface area contributed by atoms with Crippen molar-refractivity contribution in [1.29, 1.82) is 0 Å². The molecule has 3 rings (SSSR count). The molecule has 0 saturated heterocycles. The minimum atomic E-state index is -0.179. The van der Waals surface area contributed by atoms with E-state index in [4.69, 9.17) is 0 Å². The molecule has 0 aliphatic rings. The van der Waals surface area contributed by atoms with E-state index in [0.29, 0.717) is 13.1 Å². The predicted molar refractivity (Wildman–Crippen MR) is 113 cm³/mol. The fraction of sp³-hybridized carbons (Fsp3) is 0.238. The molecule has 0 atom stereocenters. The van der Waals surface area contributed by atoms with Crippen molar-refractivity contribution in [1.82, 2.24) is 9.47 Å². The Morgan fingerprint density at radius 3 is 2.59 bits per heavy atom. The highest BCUT2D eigenvalue weighted by atomic mass is 79.9. The van der Waals surface area contributed by atoms with E-state index >= 15 is 0 Å². The van der Waals surface area contributed by atoms with Crippen molar-refractivity contribution in [3.05, 3.63) is 90.9 Å². The fourth-order valence-corrected chi connectivity index (χ4v) is 4.12. The van der Waals surface area contributed by atoms with Crippen molar-refractivity contribution in [3.8, 4) is 0 Å².